The maximum atomic E-state index is 11.2. The summed E-state index contributed by atoms with van der Waals surface area (Å²) >= 11 is 0. The van der Waals surface area contributed by atoms with Crippen LogP contribution < -0.4 is 10.5 Å². The van der Waals surface area contributed by atoms with Crippen LogP contribution in [-0.4, -0.2) is 51.2 Å². The molecule has 0 saturated carbocycles. The van der Waals surface area contributed by atoms with Gasteiger partial charge in [0, 0.05) is 32.6 Å². The van der Waals surface area contributed by atoms with Crippen LogP contribution in [0.3, 0.4) is 0 Å². The Kier molecular flexibility index (Phi) is 4.06. The molecule has 3 N–H and O–H groups in total. The van der Waals surface area contributed by atoms with Gasteiger partial charge in [0.1, 0.15) is 0 Å². The number of piperidine rings is 1. The highest BCUT2D eigenvalue weighted by molar-refractivity contribution is 7.89. The smallest absolute Gasteiger partial charge is 0.222 e. The molecule has 88 valence electrons. The van der Waals surface area contributed by atoms with Crippen molar-refractivity contribution in [2.45, 2.75) is 18.9 Å². The van der Waals surface area contributed by atoms with Gasteiger partial charge in [-0.15, -0.1) is 0 Å². The Balaban J connectivity index is 2.26. The van der Waals surface area contributed by atoms with Crippen LogP contribution in [0.1, 0.15) is 12.8 Å². The summed E-state index contributed by atoms with van der Waals surface area (Å²) in [7, 11) is -1.65. The summed E-state index contributed by atoms with van der Waals surface area (Å²) in [6.45, 7) is 0.967. The molecule has 7 heteroatoms. The van der Waals surface area contributed by atoms with Crippen molar-refractivity contribution in [1.82, 2.24) is 10.2 Å². The highest BCUT2D eigenvalue weighted by Gasteiger charge is 2.22. The number of carbonyl (C=O) groups is 1. The standard InChI is InChI=1S/C8H17N3O3S/c1-11-6-7(2-3-8(11)12)10-4-5-15(9,13)14/h7,10H,2-6H2,1H3,(H2,9,13,14). The molecule has 6 nitrogen and oxygen atoms in total. The van der Waals surface area contributed by atoms with Crippen LogP contribution in [-0.2, 0) is 14.8 Å². The van der Waals surface area contributed by atoms with E-state index in [0.717, 1.165) is 6.42 Å². The van der Waals surface area contributed by atoms with E-state index in [0.29, 0.717) is 19.5 Å². The van der Waals surface area contributed by atoms with Crippen LogP contribution in [0, 0.1) is 0 Å². The Bertz CT molecular complexity index is 328. The molecule has 0 aromatic rings. The number of primary sulfonamides is 1. The number of rotatable bonds is 4. The first-order valence-electron chi connectivity index (χ1n) is 4.86. The molecule has 0 radical (unpaired) electrons. The number of hydrogen-bond acceptors (Lipinski definition) is 4. The number of likely N-dealkylation sites (N-methyl/N-ethyl adjacent to an activating group) is 1. The minimum Gasteiger partial charge on any atom is -0.344 e. The third-order valence-corrected chi connectivity index (χ3v) is 3.22. The van der Waals surface area contributed by atoms with E-state index in [1.165, 1.54) is 0 Å². The van der Waals surface area contributed by atoms with Crippen molar-refractivity contribution in [3.8, 4) is 0 Å². The van der Waals surface area contributed by atoms with Crippen LogP contribution in [0.2, 0.25) is 0 Å². The second-order valence-corrected chi connectivity index (χ2v) is 5.56. The lowest BCUT2D eigenvalue weighted by atomic mass is 10.1. The first-order chi connectivity index (χ1) is 6.88. The molecule has 0 aliphatic carbocycles. The average Bonchev–Trinajstić information content (AvgIpc) is 2.09. The number of sulfonamides is 1. The van der Waals surface area contributed by atoms with Crippen molar-refractivity contribution in [1.29, 1.82) is 0 Å². The number of nitrogens with two attached hydrogens (primary N) is 1. The quantitative estimate of drug-likeness (QED) is 0.619. The molecule has 0 spiro atoms. The molecular weight excluding hydrogens is 218 g/mol. The van der Waals surface area contributed by atoms with Crippen molar-refractivity contribution >= 4 is 15.9 Å². The maximum absolute atomic E-state index is 11.2. The summed E-state index contributed by atoms with van der Waals surface area (Å²) in [6, 6.07) is 0.175. The number of hydrogen-bond donors (Lipinski definition) is 2. The van der Waals surface area contributed by atoms with Crippen molar-refractivity contribution in [2.75, 3.05) is 25.9 Å². The van der Waals surface area contributed by atoms with Gasteiger partial charge in [0.25, 0.3) is 0 Å². The van der Waals surface area contributed by atoms with E-state index < -0.39 is 10.0 Å². The second-order valence-electron chi connectivity index (χ2n) is 3.83. The molecule has 1 aliphatic rings. The molecule has 15 heavy (non-hydrogen) atoms. The first-order valence-corrected chi connectivity index (χ1v) is 6.58. The molecule has 1 atom stereocenters. The number of nitrogens with one attached hydrogen (secondary N) is 1. The summed E-state index contributed by atoms with van der Waals surface area (Å²) < 4.78 is 21.3. The van der Waals surface area contributed by atoms with Crippen LogP contribution >= 0.6 is 0 Å². The molecule has 1 unspecified atom stereocenters. The normalized spacial score (nSPS) is 23.2. The van der Waals surface area contributed by atoms with E-state index in [4.69, 9.17) is 5.14 Å². The Morgan fingerprint density at radius 1 is 1.60 bits per heavy atom. The zero-order valence-electron chi connectivity index (χ0n) is 8.77. The van der Waals surface area contributed by atoms with Gasteiger partial charge in [0.15, 0.2) is 0 Å². The summed E-state index contributed by atoms with van der Waals surface area (Å²) in [5, 5.41) is 7.94. The SMILES string of the molecule is CN1CC(NCCS(N)(=O)=O)CCC1=O. The lowest BCUT2D eigenvalue weighted by molar-refractivity contribution is -0.132. The maximum Gasteiger partial charge on any atom is 0.222 e. The Hall–Kier alpha value is -0.660. The van der Waals surface area contributed by atoms with Crippen molar-refractivity contribution in [3.05, 3.63) is 0 Å². The third-order valence-electron chi connectivity index (χ3n) is 2.45. The van der Waals surface area contributed by atoms with Gasteiger partial charge in [-0.3, -0.25) is 4.79 Å². The lowest BCUT2D eigenvalue weighted by Crippen LogP contribution is -2.47. The minimum atomic E-state index is -3.39. The molecule has 1 aliphatic heterocycles. The van der Waals surface area contributed by atoms with Gasteiger partial charge in [0.05, 0.1) is 5.75 Å². The van der Waals surface area contributed by atoms with Gasteiger partial charge in [-0.2, -0.15) is 0 Å². The molecule has 1 saturated heterocycles. The molecule has 1 fully saturated rings. The van der Waals surface area contributed by atoms with E-state index in [1.54, 1.807) is 11.9 Å². The van der Waals surface area contributed by atoms with Crippen LogP contribution in [0.4, 0.5) is 0 Å². The molecule has 0 aromatic heterocycles. The Morgan fingerprint density at radius 3 is 2.80 bits per heavy atom. The van der Waals surface area contributed by atoms with E-state index in [2.05, 4.69) is 5.32 Å². The van der Waals surface area contributed by atoms with E-state index in [-0.39, 0.29) is 17.7 Å². The molecule has 1 rings (SSSR count). The fourth-order valence-corrected chi connectivity index (χ4v) is 1.99. The molecular formula is C8H17N3O3S. The third kappa shape index (κ3) is 4.59. The van der Waals surface area contributed by atoms with Gasteiger partial charge in [-0.25, -0.2) is 13.6 Å². The predicted molar refractivity (Wildman–Crippen MR) is 56.6 cm³/mol. The number of amides is 1. The predicted octanol–water partition coefficient (Wildman–Crippen LogP) is -1.51. The largest absolute Gasteiger partial charge is 0.344 e. The minimum absolute atomic E-state index is 0.0683. The van der Waals surface area contributed by atoms with Crippen molar-refractivity contribution in [2.24, 2.45) is 5.14 Å². The topological polar surface area (TPSA) is 92.5 Å². The van der Waals surface area contributed by atoms with Gasteiger partial charge < -0.3 is 10.2 Å². The Morgan fingerprint density at radius 2 is 2.27 bits per heavy atom. The summed E-state index contributed by atoms with van der Waals surface area (Å²) in [5.74, 6) is 0.0701. The van der Waals surface area contributed by atoms with E-state index >= 15 is 0 Å². The summed E-state index contributed by atoms with van der Waals surface area (Å²) in [6.07, 6.45) is 1.28. The van der Waals surface area contributed by atoms with E-state index in [9.17, 15) is 13.2 Å². The number of nitrogens with zero attached hydrogens (tertiary/aromatic N) is 1. The first kappa shape index (κ1) is 12.4. The molecule has 0 bridgehead atoms. The van der Waals surface area contributed by atoms with Crippen molar-refractivity contribution in [3.63, 3.8) is 0 Å². The van der Waals surface area contributed by atoms with Gasteiger partial charge in [-0.1, -0.05) is 0 Å². The van der Waals surface area contributed by atoms with Gasteiger partial charge in [0.2, 0.25) is 15.9 Å². The summed E-state index contributed by atoms with van der Waals surface area (Å²) in [4.78, 5) is 12.8. The van der Waals surface area contributed by atoms with Crippen LogP contribution in [0.15, 0.2) is 0 Å². The Labute approximate surface area is 89.9 Å². The van der Waals surface area contributed by atoms with Gasteiger partial charge in [-0.05, 0) is 6.42 Å². The number of likely N-dealkylation sites (tertiary alicyclic amines) is 1. The van der Waals surface area contributed by atoms with Crippen molar-refractivity contribution < 1.29 is 13.2 Å². The molecule has 1 heterocycles. The second kappa shape index (κ2) is 4.91. The fraction of sp³-hybridized carbons (Fsp3) is 0.875. The average molecular weight is 235 g/mol. The van der Waals surface area contributed by atoms with Gasteiger partial charge >= 0.3 is 0 Å². The van der Waals surface area contributed by atoms with Crippen LogP contribution in [0.25, 0.3) is 0 Å². The molecule has 0 aromatic carbocycles. The highest BCUT2D eigenvalue weighted by atomic mass is 32.2. The zero-order valence-corrected chi connectivity index (χ0v) is 9.59. The lowest BCUT2D eigenvalue weighted by Gasteiger charge is -2.30. The highest BCUT2D eigenvalue weighted by Crippen LogP contribution is 2.08. The van der Waals surface area contributed by atoms with Crippen LogP contribution in [0.5, 0.6) is 0 Å². The monoisotopic (exact) mass is 235 g/mol. The molecule has 1 amide bonds. The number of carbonyl (C=O) groups excluding carboxylic acids is 1. The zero-order chi connectivity index (χ0) is 11.5. The summed E-state index contributed by atoms with van der Waals surface area (Å²) in [5.41, 5.74) is 0. The van der Waals surface area contributed by atoms with E-state index in [1.807, 2.05) is 0 Å². The fourth-order valence-electron chi connectivity index (χ4n) is 1.58.